The first-order chi connectivity index (χ1) is 9.51. The van der Waals surface area contributed by atoms with Crippen molar-refractivity contribution in [3.8, 4) is 0 Å². The zero-order chi connectivity index (χ0) is 14.7. The van der Waals surface area contributed by atoms with Crippen molar-refractivity contribution in [1.29, 1.82) is 0 Å². The molecule has 2 nitrogen and oxygen atoms in total. The van der Waals surface area contributed by atoms with Gasteiger partial charge in [0.25, 0.3) is 0 Å². The molecule has 0 aliphatic carbocycles. The van der Waals surface area contributed by atoms with Crippen LogP contribution in [0.15, 0.2) is 28.1 Å². The number of thiophene rings is 2. The summed E-state index contributed by atoms with van der Waals surface area (Å²) < 4.78 is 1.98. The smallest absolute Gasteiger partial charge is 0.0931 e. The van der Waals surface area contributed by atoms with Crippen molar-refractivity contribution in [2.75, 3.05) is 7.05 Å². The molecule has 2 atom stereocenters. The lowest BCUT2D eigenvalue weighted by molar-refractivity contribution is 0.206. The van der Waals surface area contributed by atoms with Gasteiger partial charge < -0.3 is 5.73 Å². The summed E-state index contributed by atoms with van der Waals surface area (Å²) in [6, 6.07) is 8.64. The Labute approximate surface area is 141 Å². The zero-order valence-electron chi connectivity index (χ0n) is 11.5. The Kier molecular flexibility index (Phi) is 6.08. The number of halogens is 2. The van der Waals surface area contributed by atoms with Gasteiger partial charge in [-0.3, -0.25) is 4.90 Å². The second-order valence-corrected chi connectivity index (χ2v) is 9.07. The lowest BCUT2D eigenvalue weighted by Gasteiger charge is -2.31. The molecular weight excluding hydrogens is 376 g/mol. The van der Waals surface area contributed by atoms with Crippen LogP contribution < -0.4 is 5.73 Å². The lowest BCUT2D eigenvalue weighted by Crippen LogP contribution is -2.37. The molecule has 20 heavy (non-hydrogen) atoms. The predicted octanol–water partition coefficient (Wildman–Crippen LogP) is 5.14. The van der Waals surface area contributed by atoms with E-state index in [1.165, 1.54) is 9.75 Å². The van der Waals surface area contributed by atoms with Gasteiger partial charge in [-0.15, -0.1) is 22.7 Å². The van der Waals surface area contributed by atoms with E-state index in [4.69, 9.17) is 17.3 Å². The summed E-state index contributed by atoms with van der Waals surface area (Å²) in [5.74, 6) is 0. The van der Waals surface area contributed by atoms with Gasteiger partial charge in [-0.25, -0.2) is 0 Å². The van der Waals surface area contributed by atoms with E-state index in [9.17, 15) is 0 Å². The first kappa shape index (κ1) is 16.5. The minimum absolute atomic E-state index is 0.126. The third-order valence-corrected chi connectivity index (χ3v) is 6.18. The summed E-state index contributed by atoms with van der Waals surface area (Å²) in [5, 5.41) is 0. The van der Waals surface area contributed by atoms with Crippen LogP contribution in [0.4, 0.5) is 0 Å². The quantitative estimate of drug-likeness (QED) is 0.736. The minimum Gasteiger partial charge on any atom is -0.326 e. The van der Waals surface area contributed by atoms with Crippen LogP contribution in [-0.2, 0) is 6.54 Å². The van der Waals surface area contributed by atoms with Gasteiger partial charge in [0, 0.05) is 22.3 Å². The van der Waals surface area contributed by atoms with E-state index in [1.54, 1.807) is 22.7 Å². The molecule has 0 radical (unpaired) electrons. The van der Waals surface area contributed by atoms with Gasteiger partial charge in [0.05, 0.1) is 14.2 Å². The molecule has 2 unspecified atom stereocenters. The molecule has 0 aliphatic rings. The number of hydrogen-bond acceptors (Lipinski definition) is 4. The fourth-order valence-electron chi connectivity index (χ4n) is 2.25. The third-order valence-electron chi connectivity index (χ3n) is 3.27. The van der Waals surface area contributed by atoms with Gasteiger partial charge in [0.1, 0.15) is 0 Å². The Morgan fingerprint density at radius 3 is 2.55 bits per heavy atom. The summed E-state index contributed by atoms with van der Waals surface area (Å²) in [5.41, 5.74) is 6.35. The number of nitrogens with zero attached hydrogens (tertiary/aromatic N) is 1. The maximum absolute atomic E-state index is 6.35. The van der Waals surface area contributed by atoms with Crippen LogP contribution in [0.3, 0.4) is 0 Å². The Balaban J connectivity index is 2.17. The first-order valence-electron chi connectivity index (χ1n) is 6.46. The van der Waals surface area contributed by atoms with Crippen LogP contribution in [0.5, 0.6) is 0 Å². The van der Waals surface area contributed by atoms with Crippen LogP contribution in [0.25, 0.3) is 0 Å². The molecule has 2 heterocycles. The van der Waals surface area contributed by atoms with Crippen LogP contribution >= 0.6 is 50.2 Å². The molecule has 0 bridgehead atoms. The van der Waals surface area contributed by atoms with Crippen molar-refractivity contribution in [3.63, 3.8) is 0 Å². The molecule has 2 N–H and O–H groups in total. The van der Waals surface area contributed by atoms with Crippen molar-refractivity contribution in [1.82, 2.24) is 4.90 Å². The van der Waals surface area contributed by atoms with Crippen LogP contribution in [0.1, 0.15) is 29.1 Å². The second kappa shape index (κ2) is 7.38. The SMILES string of the molecule is CCC(N)C(c1ccc(Br)s1)N(C)Cc1ccc(Cl)s1. The van der Waals surface area contributed by atoms with Crippen molar-refractivity contribution in [3.05, 3.63) is 42.1 Å². The maximum atomic E-state index is 6.35. The van der Waals surface area contributed by atoms with Crippen molar-refractivity contribution >= 4 is 50.2 Å². The van der Waals surface area contributed by atoms with Crippen LogP contribution in [-0.4, -0.2) is 18.0 Å². The summed E-state index contributed by atoms with van der Waals surface area (Å²) in [7, 11) is 2.13. The topological polar surface area (TPSA) is 29.3 Å². The highest BCUT2D eigenvalue weighted by molar-refractivity contribution is 9.11. The molecule has 2 aromatic rings. The highest BCUT2D eigenvalue weighted by Crippen LogP contribution is 2.34. The number of nitrogens with two attached hydrogens (primary N) is 1. The van der Waals surface area contributed by atoms with Crippen LogP contribution in [0.2, 0.25) is 4.34 Å². The van der Waals surface area contributed by atoms with Gasteiger partial charge in [-0.2, -0.15) is 0 Å². The van der Waals surface area contributed by atoms with Gasteiger partial charge in [-0.1, -0.05) is 18.5 Å². The summed E-state index contributed by atoms with van der Waals surface area (Å²) in [6.07, 6.45) is 0.954. The molecule has 2 aromatic heterocycles. The van der Waals surface area contributed by atoms with Gasteiger partial charge in [0.15, 0.2) is 0 Å². The van der Waals surface area contributed by atoms with E-state index >= 15 is 0 Å². The minimum atomic E-state index is 0.126. The standard InChI is InChI=1S/C14H18BrClN2S2/c1-3-10(17)14(11-5-6-12(15)20-11)18(2)8-9-4-7-13(16)19-9/h4-7,10,14H,3,8,17H2,1-2H3. The van der Waals surface area contributed by atoms with E-state index in [0.29, 0.717) is 0 Å². The molecule has 0 saturated heterocycles. The maximum Gasteiger partial charge on any atom is 0.0931 e. The molecule has 0 amide bonds. The molecule has 0 spiro atoms. The molecule has 6 heteroatoms. The average molecular weight is 394 g/mol. The summed E-state index contributed by atoms with van der Waals surface area (Å²) in [6.45, 7) is 3.00. The van der Waals surface area contributed by atoms with Gasteiger partial charge in [-0.05, 0) is 53.7 Å². The molecule has 0 fully saturated rings. The van der Waals surface area contributed by atoms with E-state index in [0.717, 1.165) is 21.1 Å². The molecule has 110 valence electrons. The van der Waals surface area contributed by atoms with Crippen molar-refractivity contribution in [2.45, 2.75) is 32.0 Å². The number of rotatable bonds is 6. The fourth-order valence-corrected chi connectivity index (χ4v) is 5.06. The molecular formula is C14H18BrClN2S2. The molecule has 0 aromatic carbocycles. The first-order valence-corrected chi connectivity index (χ1v) is 9.27. The Hall–Kier alpha value is 0.0900. The van der Waals surface area contributed by atoms with E-state index in [2.05, 4.69) is 53.0 Å². The predicted molar refractivity (Wildman–Crippen MR) is 93.8 cm³/mol. The third kappa shape index (κ3) is 4.06. The van der Waals surface area contributed by atoms with Gasteiger partial charge >= 0.3 is 0 Å². The van der Waals surface area contributed by atoms with E-state index < -0.39 is 0 Å². The van der Waals surface area contributed by atoms with Crippen LogP contribution in [0, 0.1) is 0 Å². The monoisotopic (exact) mass is 392 g/mol. The Morgan fingerprint density at radius 1 is 1.30 bits per heavy atom. The molecule has 0 aliphatic heterocycles. The Bertz CT molecular complexity index is 555. The number of likely N-dealkylation sites (N-methyl/N-ethyl adjacent to an activating group) is 1. The lowest BCUT2D eigenvalue weighted by atomic mass is 10.0. The van der Waals surface area contributed by atoms with Crippen molar-refractivity contribution < 1.29 is 0 Å². The molecule has 2 rings (SSSR count). The van der Waals surface area contributed by atoms with E-state index in [1.807, 2.05) is 6.07 Å². The average Bonchev–Trinajstić information content (AvgIpc) is 2.99. The summed E-state index contributed by atoms with van der Waals surface area (Å²) >= 11 is 12.9. The van der Waals surface area contributed by atoms with Crippen molar-refractivity contribution in [2.24, 2.45) is 5.73 Å². The second-order valence-electron chi connectivity index (χ2n) is 4.78. The molecule has 0 saturated carbocycles. The number of hydrogen-bond donors (Lipinski definition) is 1. The fraction of sp³-hybridized carbons (Fsp3) is 0.429. The zero-order valence-corrected chi connectivity index (χ0v) is 15.5. The van der Waals surface area contributed by atoms with Gasteiger partial charge in [0.2, 0.25) is 0 Å². The summed E-state index contributed by atoms with van der Waals surface area (Å²) in [4.78, 5) is 4.88. The van der Waals surface area contributed by atoms with E-state index in [-0.39, 0.29) is 12.1 Å². The Morgan fingerprint density at radius 2 is 2.05 bits per heavy atom. The normalized spacial score (nSPS) is 14.7. The largest absolute Gasteiger partial charge is 0.326 e. The highest BCUT2D eigenvalue weighted by Gasteiger charge is 2.25. The highest BCUT2D eigenvalue weighted by atomic mass is 79.9.